The molecular formula is C15H19F3N2O2. The maximum atomic E-state index is 12.6. The number of fused-ring (bicyclic) bond motifs is 1. The van der Waals surface area contributed by atoms with Gasteiger partial charge in [-0.2, -0.15) is 13.2 Å². The number of nitrogens with one attached hydrogen (secondary N) is 1. The summed E-state index contributed by atoms with van der Waals surface area (Å²) >= 11 is 0. The monoisotopic (exact) mass is 316 g/mol. The number of amides is 1. The molecule has 0 saturated carbocycles. The average Bonchev–Trinajstić information content (AvgIpc) is 2.68. The van der Waals surface area contributed by atoms with Gasteiger partial charge >= 0.3 is 6.18 Å². The van der Waals surface area contributed by atoms with E-state index in [0.717, 1.165) is 0 Å². The van der Waals surface area contributed by atoms with Crippen molar-refractivity contribution >= 4 is 5.91 Å². The Labute approximate surface area is 127 Å². The Morgan fingerprint density at radius 3 is 2.82 bits per heavy atom. The lowest BCUT2D eigenvalue weighted by molar-refractivity contribution is -0.146. The second kappa shape index (κ2) is 7.00. The Kier molecular flexibility index (Phi) is 5.28. The number of nitrogens with zero attached hydrogens (tertiary/aromatic N) is 1. The van der Waals surface area contributed by atoms with Gasteiger partial charge in [0.25, 0.3) is 0 Å². The Balaban J connectivity index is 2.16. The molecule has 1 N–H and O–H groups in total. The number of hydrogen-bond donors (Lipinski definition) is 1. The minimum Gasteiger partial charge on any atom is -0.492 e. The van der Waals surface area contributed by atoms with Crippen LogP contribution in [-0.2, 0) is 4.79 Å². The predicted molar refractivity (Wildman–Crippen MR) is 75.6 cm³/mol. The lowest BCUT2D eigenvalue weighted by Gasteiger charge is -2.27. The third-order valence-electron chi connectivity index (χ3n) is 3.54. The highest BCUT2D eigenvalue weighted by Gasteiger charge is 2.32. The number of rotatable bonds is 4. The highest BCUT2D eigenvalue weighted by molar-refractivity contribution is 5.84. The summed E-state index contributed by atoms with van der Waals surface area (Å²) in [6.07, 6.45) is -5.27. The fraction of sp³-hybridized carbons (Fsp3) is 0.533. The van der Waals surface area contributed by atoms with Gasteiger partial charge in [-0.25, -0.2) is 0 Å². The standard InChI is InChI=1S/C15H19F3N2O2/c1-2-20(9-7-15(16,17)18)14(21)13-11-5-3-4-6-12(11)22-10-8-19-13/h3-6,13,19H,2,7-10H2,1H3. The van der Waals surface area contributed by atoms with Crippen molar-refractivity contribution in [2.45, 2.75) is 25.6 Å². The van der Waals surface area contributed by atoms with E-state index >= 15 is 0 Å². The van der Waals surface area contributed by atoms with E-state index in [0.29, 0.717) is 24.5 Å². The lowest BCUT2D eigenvalue weighted by atomic mass is 10.0. The van der Waals surface area contributed by atoms with E-state index in [2.05, 4.69) is 5.32 Å². The average molecular weight is 316 g/mol. The third kappa shape index (κ3) is 4.13. The highest BCUT2D eigenvalue weighted by Crippen LogP contribution is 2.29. The normalized spacial score (nSPS) is 18.1. The van der Waals surface area contributed by atoms with Crippen molar-refractivity contribution in [2.75, 3.05) is 26.2 Å². The summed E-state index contributed by atoms with van der Waals surface area (Å²) in [5, 5.41) is 3.05. The molecule has 1 aliphatic heterocycles. The van der Waals surface area contributed by atoms with Gasteiger partial charge in [-0.15, -0.1) is 0 Å². The molecule has 7 heteroatoms. The maximum absolute atomic E-state index is 12.6. The molecule has 0 bridgehead atoms. The molecule has 2 rings (SSSR count). The fourth-order valence-electron chi connectivity index (χ4n) is 2.41. The summed E-state index contributed by atoms with van der Waals surface area (Å²) in [6.45, 7) is 2.45. The van der Waals surface area contributed by atoms with Gasteiger partial charge in [0.05, 0.1) is 6.42 Å². The Morgan fingerprint density at radius 2 is 2.14 bits per heavy atom. The molecule has 1 amide bonds. The molecule has 1 aliphatic rings. The first-order valence-electron chi connectivity index (χ1n) is 7.23. The molecular weight excluding hydrogens is 297 g/mol. The molecule has 0 spiro atoms. The molecule has 1 aromatic carbocycles. The molecule has 0 aliphatic carbocycles. The van der Waals surface area contributed by atoms with Crippen molar-refractivity contribution in [3.8, 4) is 5.75 Å². The summed E-state index contributed by atoms with van der Waals surface area (Å²) in [5.41, 5.74) is 0.662. The topological polar surface area (TPSA) is 41.6 Å². The minimum absolute atomic E-state index is 0.232. The van der Waals surface area contributed by atoms with Gasteiger partial charge in [0.1, 0.15) is 18.4 Å². The number of halogens is 3. The Bertz CT molecular complexity index is 520. The predicted octanol–water partition coefficient (Wildman–Crippen LogP) is 2.51. The number of carbonyl (C=O) groups is 1. The Hall–Kier alpha value is -1.76. The summed E-state index contributed by atoms with van der Waals surface area (Å²) in [5.74, 6) is 0.238. The number of para-hydroxylation sites is 1. The molecule has 0 aromatic heterocycles. The quantitative estimate of drug-likeness (QED) is 0.928. The summed E-state index contributed by atoms with van der Waals surface area (Å²) in [7, 11) is 0. The fourth-order valence-corrected chi connectivity index (χ4v) is 2.41. The zero-order valence-corrected chi connectivity index (χ0v) is 12.3. The number of alkyl halides is 3. The van der Waals surface area contributed by atoms with E-state index in [1.807, 2.05) is 0 Å². The van der Waals surface area contributed by atoms with Gasteiger partial charge in [-0.05, 0) is 13.0 Å². The van der Waals surface area contributed by atoms with Crippen LogP contribution < -0.4 is 10.1 Å². The van der Waals surface area contributed by atoms with E-state index in [1.54, 1.807) is 31.2 Å². The van der Waals surface area contributed by atoms with E-state index in [1.165, 1.54) is 4.90 Å². The molecule has 1 heterocycles. The Morgan fingerprint density at radius 1 is 1.41 bits per heavy atom. The SMILES string of the molecule is CCN(CCC(F)(F)F)C(=O)C1NCCOc2ccccc21. The second-order valence-corrected chi connectivity index (χ2v) is 5.06. The van der Waals surface area contributed by atoms with Crippen LogP contribution in [0.2, 0.25) is 0 Å². The van der Waals surface area contributed by atoms with Crippen LogP contribution in [0.25, 0.3) is 0 Å². The molecule has 0 saturated heterocycles. The van der Waals surface area contributed by atoms with Crippen molar-refractivity contribution in [1.82, 2.24) is 10.2 Å². The molecule has 0 radical (unpaired) electrons. The summed E-state index contributed by atoms with van der Waals surface area (Å²) in [6, 6.07) is 6.42. The number of ether oxygens (including phenoxy) is 1. The van der Waals surface area contributed by atoms with Crippen LogP contribution in [0, 0.1) is 0 Å². The van der Waals surface area contributed by atoms with Crippen LogP contribution in [-0.4, -0.2) is 43.2 Å². The maximum Gasteiger partial charge on any atom is 0.390 e. The van der Waals surface area contributed by atoms with E-state index < -0.39 is 18.6 Å². The van der Waals surface area contributed by atoms with Crippen LogP contribution >= 0.6 is 0 Å². The molecule has 1 atom stereocenters. The third-order valence-corrected chi connectivity index (χ3v) is 3.54. The molecule has 122 valence electrons. The van der Waals surface area contributed by atoms with Gasteiger partial charge in [0, 0.05) is 25.2 Å². The first-order chi connectivity index (χ1) is 10.4. The van der Waals surface area contributed by atoms with Gasteiger partial charge in [-0.3, -0.25) is 10.1 Å². The van der Waals surface area contributed by atoms with E-state index in [9.17, 15) is 18.0 Å². The van der Waals surface area contributed by atoms with Crippen LogP contribution in [0.1, 0.15) is 24.9 Å². The van der Waals surface area contributed by atoms with Crippen molar-refractivity contribution in [2.24, 2.45) is 0 Å². The van der Waals surface area contributed by atoms with Crippen molar-refractivity contribution in [3.05, 3.63) is 29.8 Å². The number of benzene rings is 1. The first kappa shape index (κ1) is 16.6. The molecule has 1 aromatic rings. The van der Waals surface area contributed by atoms with E-state index in [-0.39, 0.29) is 19.0 Å². The molecule has 0 fully saturated rings. The lowest BCUT2D eigenvalue weighted by Crippen LogP contribution is -2.42. The molecule has 1 unspecified atom stereocenters. The first-order valence-corrected chi connectivity index (χ1v) is 7.23. The van der Waals surface area contributed by atoms with Crippen molar-refractivity contribution in [3.63, 3.8) is 0 Å². The smallest absolute Gasteiger partial charge is 0.390 e. The van der Waals surface area contributed by atoms with Gasteiger partial charge < -0.3 is 9.64 Å². The van der Waals surface area contributed by atoms with Crippen molar-refractivity contribution in [1.29, 1.82) is 0 Å². The van der Waals surface area contributed by atoms with Gasteiger partial charge in [0.2, 0.25) is 5.91 Å². The van der Waals surface area contributed by atoms with E-state index in [4.69, 9.17) is 4.74 Å². The zero-order chi connectivity index (χ0) is 16.2. The van der Waals surface area contributed by atoms with Crippen LogP contribution in [0.5, 0.6) is 5.75 Å². The number of carbonyl (C=O) groups excluding carboxylic acids is 1. The zero-order valence-electron chi connectivity index (χ0n) is 12.3. The highest BCUT2D eigenvalue weighted by atomic mass is 19.4. The largest absolute Gasteiger partial charge is 0.492 e. The van der Waals surface area contributed by atoms with Crippen LogP contribution in [0.4, 0.5) is 13.2 Å². The number of hydrogen-bond acceptors (Lipinski definition) is 3. The van der Waals surface area contributed by atoms with Crippen molar-refractivity contribution < 1.29 is 22.7 Å². The summed E-state index contributed by atoms with van der Waals surface area (Å²) in [4.78, 5) is 13.8. The minimum atomic E-state index is -4.27. The van der Waals surface area contributed by atoms with Gasteiger partial charge in [0.15, 0.2) is 0 Å². The number of likely N-dealkylation sites (N-methyl/N-ethyl adjacent to an activating group) is 1. The molecule has 4 nitrogen and oxygen atoms in total. The van der Waals surface area contributed by atoms with Gasteiger partial charge in [-0.1, -0.05) is 18.2 Å². The van der Waals surface area contributed by atoms with Crippen LogP contribution in [0.15, 0.2) is 24.3 Å². The second-order valence-electron chi connectivity index (χ2n) is 5.06. The van der Waals surface area contributed by atoms with Crippen LogP contribution in [0.3, 0.4) is 0 Å². The summed E-state index contributed by atoms with van der Waals surface area (Å²) < 4.78 is 42.7. The molecule has 22 heavy (non-hydrogen) atoms.